The highest BCUT2D eigenvalue weighted by molar-refractivity contribution is 7.90. The van der Waals surface area contributed by atoms with Crippen LogP contribution in [0.2, 0.25) is 5.02 Å². The maximum atomic E-state index is 12.7. The first kappa shape index (κ1) is 25.6. The number of rotatable bonds is 10. The second-order valence-corrected chi connectivity index (χ2v) is 10.7. The predicted octanol–water partition coefficient (Wildman–Crippen LogP) is 3.81. The summed E-state index contributed by atoms with van der Waals surface area (Å²) < 4.78 is 31.4. The van der Waals surface area contributed by atoms with E-state index in [0.29, 0.717) is 32.8 Å². The van der Waals surface area contributed by atoms with Crippen molar-refractivity contribution < 1.29 is 17.9 Å². The summed E-state index contributed by atoms with van der Waals surface area (Å²) in [5, 5.41) is 10.1. The van der Waals surface area contributed by atoms with Crippen molar-refractivity contribution in [2.45, 2.75) is 19.9 Å². The van der Waals surface area contributed by atoms with Crippen molar-refractivity contribution in [2.75, 3.05) is 24.4 Å². The van der Waals surface area contributed by atoms with Gasteiger partial charge in [-0.1, -0.05) is 11.6 Å². The molecule has 3 rings (SSSR count). The molecular weight excluding hydrogens is 498 g/mol. The van der Waals surface area contributed by atoms with E-state index < -0.39 is 15.9 Å². The highest BCUT2D eigenvalue weighted by Gasteiger charge is 2.24. The molecule has 9 nitrogen and oxygen atoms in total. The maximum absolute atomic E-state index is 12.7. The summed E-state index contributed by atoms with van der Waals surface area (Å²) in [7, 11) is -2.35. The summed E-state index contributed by atoms with van der Waals surface area (Å²) in [4.78, 5) is 23.9. The molecule has 2 heterocycles. The third-order valence-corrected chi connectivity index (χ3v) is 7.20. The van der Waals surface area contributed by atoms with Crippen LogP contribution in [-0.4, -0.2) is 43.8 Å². The van der Waals surface area contributed by atoms with Crippen LogP contribution in [0.3, 0.4) is 0 Å². The van der Waals surface area contributed by atoms with Crippen LogP contribution in [0.4, 0.5) is 10.8 Å². The van der Waals surface area contributed by atoms with Crippen molar-refractivity contribution in [1.29, 1.82) is 5.26 Å². The Hall–Kier alpha value is -3.04. The molecule has 0 saturated heterocycles. The van der Waals surface area contributed by atoms with Gasteiger partial charge in [0.25, 0.3) is 5.91 Å². The lowest BCUT2D eigenvalue weighted by Gasteiger charge is -2.21. The van der Waals surface area contributed by atoms with Crippen molar-refractivity contribution in [3.05, 3.63) is 69.4 Å². The number of hydrogen-bond donors (Lipinski definition) is 1. The molecule has 0 aliphatic carbocycles. The number of benzene rings is 1. The second kappa shape index (κ2) is 11.4. The summed E-state index contributed by atoms with van der Waals surface area (Å²) in [6.45, 7) is 2.28. The Morgan fingerprint density at radius 2 is 2.00 bits per heavy atom. The molecule has 0 radical (unpaired) electrons. The van der Waals surface area contributed by atoms with Crippen LogP contribution in [0.15, 0.2) is 42.6 Å². The predicted molar refractivity (Wildman–Crippen MR) is 131 cm³/mol. The Balaban J connectivity index is 1.90. The maximum Gasteiger partial charge on any atom is 0.284 e. The summed E-state index contributed by atoms with van der Waals surface area (Å²) in [5.74, 6) is -1.02. The monoisotopic (exact) mass is 519 g/mol. The Labute approximate surface area is 207 Å². The number of nitrogens with zero attached hydrogens (tertiary/aromatic N) is 4. The fourth-order valence-electron chi connectivity index (χ4n) is 2.99. The molecule has 0 unspecified atom stereocenters. The van der Waals surface area contributed by atoms with Gasteiger partial charge in [0.2, 0.25) is 10.0 Å². The van der Waals surface area contributed by atoms with Gasteiger partial charge >= 0.3 is 0 Å². The average Bonchev–Trinajstić information content (AvgIpc) is 3.20. The van der Waals surface area contributed by atoms with Crippen molar-refractivity contribution in [2.24, 2.45) is 0 Å². The van der Waals surface area contributed by atoms with Gasteiger partial charge in [-0.05, 0) is 49.7 Å². The summed E-state index contributed by atoms with van der Waals surface area (Å²) >= 11 is 7.20. The van der Waals surface area contributed by atoms with E-state index in [1.807, 2.05) is 4.90 Å². The Kier molecular flexibility index (Phi) is 8.57. The first-order chi connectivity index (χ1) is 16.2. The first-order valence-electron chi connectivity index (χ1n) is 10.1. The van der Waals surface area contributed by atoms with Crippen LogP contribution in [0.5, 0.6) is 0 Å². The molecule has 0 saturated carbocycles. The number of sulfonamides is 1. The fourth-order valence-corrected chi connectivity index (χ4v) is 5.01. The molecule has 1 N–H and O–H groups in total. The third-order valence-electron chi connectivity index (χ3n) is 4.66. The molecule has 3 aromatic rings. The van der Waals surface area contributed by atoms with E-state index in [-0.39, 0.29) is 24.5 Å². The molecule has 0 bridgehead atoms. The van der Waals surface area contributed by atoms with E-state index in [0.717, 1.165) is 5.69 Å². The van der Waals surface area contributed by atoms with Gasteiger partial charge in [0.15, 0.2) is 5.13 Å². The number of hydrogen-bond acceptors (Lipinski definition) is 9. The van der Waals surface area contributed by atoms with Crippen molar-refractivity contribution in [1.82, 2.24) is 14.7 Å². The number of ether oxygens (including phenoxy) is 1. The second-order valence-electron chi connectivity index (χ2n) is 7.21. The molecule has 0 aliphatic rings. The molecular formula is C22H22ClN5O4S2. The summed E-state index contributed by atoms with van der Waals surface area (Å²) in [6, 6.07) is 12.5. The van der Waals surface area contributed by atoms with Gasteiger partial charge < -0.3 is 9.64 Å². The van der Waals surface area contributed by atoms with Crippen LogP contribution < -0.4 is 9.62 Å². The van der Waals surface area contributed by atoms with E-state index in [1.165, 1.54) is 24.6 Å². The summed E-state index contributed by atoms with van der Waals surface area (Å²) in [5.41, 5.74) is 1.96. The van der Waals surface area contributed by atoms with Crippen LogP contribution in [0.25, 0.3) is 0 Å². The van der Waals surface area contributed by atoms with Gasteiger partial charge in [-0.15, -0.1) is 11.3 Å². The molecule has 1 aromatic carbocycles. The van der Waals surface area contributed by atoms with E-state index in [1.54, 1.807) is 43.3 Å². The average molecular weight is 520 g/mol. The van der Waals surface area contributed by atoms with E-state index >= 15 is 0 Å². The summed E-state index contributed by atoms with van der Waals surface area (Å²) in [6.07, 6.45) is 1.80. The smallest absolute Gasteiger partial charge is 0.284 e. The number of pyridine rings is 1. The fraction of sp³-hybridized carbons (Fsp3) is 0.273. The Bertz CT molecular complexity index is 1290. The Morgan fingerprint density at radius 3 is 2.62 bits per heavy atom. The largest absolute Gasteiger partial charge is 0.385 e. The number of nitrogens with one attached hydrogen (secondary N) is 1. The number of halogens is 1. The quantitative estimate of drug-likeness (QED) is 0.401. The van der Waals surface area contributed by atoms with E-state index in [4.69, 9.17) is 21.6 Å². The van der Waals surface area contributed by atoms with Gasteiger partial charge in [0.1, 0.15) is 5.69 Å². The number of amides is 1. The number of anilines is 2. The van der Waals surface area contributed by atoms with Gasteiger partial charge in [-0.3, -0.25) is 9.78 Å². The first-order valence-corrected chi connectivity index (χ1v) is 13.0. The van der Waals surface area contributed by atoms with Gasteiger partial charge in [-0.2, -0.15) is 5.26 Å². The number of aryl methyl sites for hydroxylation is 1. The highest BCUT2D eigenvalue weighted by atomic mass is 35.5. The van der Waals surface area contributed by atoms with E-state index in [2.05, 4.69) is 20.8 Å². The minimum atomic E-state index is -3.82. The minimum absolute atomic E-state index is 0.0260. The third kappa shape index (κ3) is 6.74. The number of methoxy groups -OCH3 is 1. The van der Waals surface area contributed by atoms with Gasteiger partial charge in [-0.25, -0.2) is 18.1 Å². The van der Waals surface area contributed by atoms with Crippen LogP contribution >= 0.6 is 22.9 Å². The van der Waals surface area contributed by atoms with E-state index in [9.17, 15) is 13.2 Å². The molecule has 12 heteroatoms. The van der Waals surface area contributed by atoms with Crippen molar-refractivity contribution >= 4 is 49.7 Å². The molecule has 178 valence electrons. The molecule has 0 aliphatic heterocycles. The molecule has 34 heavy (non-hydrogen) atoms. The molecule has 0 fully saturated rings. The molecule has 2 aromatic heterocycles. The SMILES string of the molecule is COCCCS(=O)(=O)NC(=O)c1nc(N(Cc2ccc(Cl)cn2)c2ccc(C#N)cc2)sc1C. The zero-order chi connectivity index (χ0) is 24.7. The van der Waals surface area contributed by atoms with Crippen molar-refractivity contribution in [3.63, 3.8) is 0 Å². The number of aromatic nitrogens is 2. The van der Waals surface area contributed by atoms with Gasteiger partial charge in [0, 0.05) is 30.5 Å². The van der Waals surface area contributed by atoms with Crippen LogP contribution in [-0.2, 0) is 21.3 Å². The zero-order valence-corrected chi connectivity index (χ0v) is 20.9. The normalized spacial score (nSPS) is 11.1. The van der Waals surface area contributed by atoms with Gasteiger partial charge in [0.05, 0.1) is 34.6 Å². The molecule has 0 spiro atoms. The lowest BCUT2D eigenvalue weighted by Crippen LogP contribution is -2.33. The number of carbonyl (C=O) groups excluding carboxylic acids is 1. The van der Waals surface area contributed by atoms with Crippen LogP contribution in [0, 0.1) is 18.3 Å². The molecule has 1 amide bonds. The highest BCUT2D eigenvalue weighted by Crippen LogP contribution is 2.33. The van der Waals surface area contributed by atoms with Crippen LogP contribution in [0.1, 0.15) is 33.0 Å². The number of nitriles is 1. The lowest BCUT2D eigenvalue weighted by atomic mass is 10.2. The lowest BCUT2D eigenvalue weighted by molar-refractivity contribution is 0.0976. The zero-order valence-electron chi connectivity index (χ0n) is 18.5. The molecule has 0 atom stereocenters. The Morgan fingerprint density at radius 1 is 1.26 bits per heavy atom. The standard InChI is InChI=1S/C22H22ClN5O4S2/c1-15-20(21(29)27-34(30,31)11-3-10-32-2)26-22(33-15)28(14-18-7-6-17(23)13-25-18)19-8-4-16(12-24)5-9-19/h4-9,13H,3,10-11,14H2,1-2H3,(H,27,29). The number of thiazole rings is 1. The topological polar surface area (TPSA) is 125 Å². The van der Waals surface area contributed by atoms with Crippen molar-refractivity contribution in [3.8, 4) is 6.07 Å². The number of carbonyl (C=O) groups is 1. The minimum Gasteiger partial charge on any atom is -0.385 e.